The number of nitrogens with one attached hydrogen (secondary N) is 1. The Bertz CT molecular complexity index is 1100. The molecule has 0 atom stereocenters. The van der Waals surface area contributed by atoms with Gasteiger partial charge in [-0.1, -0.05) is 18.2 Å². The second-order valence-corrected chi connectivity index (χ2v) is 7.72. The second kappa shape index (κ2) is 9.81. The third-order valence-corrected chi connectivity index (χ3v) is 5.36. The number of aryl methyl sites for hydroxylation is 1. The maximum absolute atomic E-state index is 12.9. The maximum atomic E-state index is 12.9. The highest BCUT2D eigenvalue weighted by atomic mass is 32.2. The van der Waals surface area contributed by atoms with E-state index in [0.717, 1.165) is 10.7 Å². The molecule has 152 valence electrons. The van der Waals surface area contributed by atoms with Gasteiger partial charge in [-0.3, -0.25) is 9.59 Å². The van der Waals surface area contributed by atoms with Gasteiger partial charge >= 0.3 is 0 Å². The molecule has 0 radical (unpaired) electrons. The molecule has 0 saturated heterocycles. The van der Waals surface area contributed by atoms with E-state index in [-0.39, 0.29) is 17.6 Å². The van der Waals surface area contributed by atoms with Crippen molar-refractivity contribution in [1.82, 2.24) is 4.90 Å². The Kier molecular flexibility index (Phi) is 6.94. The standard InChI is InChI=1S/C23H21N3O3S/c1-16-10-11-19(29-16)14-26(2)23(28)20-8-3-4-9-21(20)30-15-22(27)25-18-7-5-6-17(12-18)13-24/h3-12H,14-15H2,1-2H3,(H,25,27). The summed E-state index contributed by atoms with van der Waals surface area (Å²) < 4.78 is 5.55. The van der Waals surface area contributed by atoms with Crippen molar-refractivity contribution in [3.63, 3.8) is 0 Å². The van der Waals surface area contributed by atoms with Crippen LogP contribution >= 0.6 is 11.8 Å². The number of carbonyl (C=O) groups is 2. The number of furan rings is 1. The second-order valence-electron chi connectivity index (χ2n) is 6.70. The summed E-state index contributed by atoms with van der Waals surface area (Å²) in [5.74, 6) is 1.30. The summed E-state index contributed by atoms with van der Waals surface area (Å²) in [6, 6.07) is 19.7. The van der Waals surface area contributed by atoms with E-state index in [2.05, 4.69) is 5.32 Å². The Morgan fingerprint density at radius 3 is 2.67 bits per heavy atom. The van der Waals surface area contributed by atoms with Crippen molar-refractivity contribution in [1.29, 1.82) is 5.26 Å². The number of nitrogens with zero attached hydrogens (tertiary/aromatic N) is 2. The highest BCUT2D eigenvalue weighted by molar-refractivity contribution is 8.00. The fraction of sp³-hybridized carbons (Fsp3) is 0.174. The van der Waals surface area contributed by atoms with Gasteiger partial charge in [0.1, 0.15) is 11.5 Å². The summed E-state index contributed by atoms with van der Waals surface area (Å²) in [6.07, 6.45) is 0. The highest BCUT2D eigenvalue weighted by Gasteiger charge is 2.18. The van der Waals surface area contributed by atoms with E-state index < -0.39 is 0 Å². The summed E-state index contributed by atoms with van der Waals surface area (Å²) in [7, 11) is 1.72. The topological polar surface area (TPSA) is 86.3 Å². The molecule has 0 bridgehead atoms. The number of hydrogen-bond acceptors (Lipinski definition) is 5. The van der Waals surface area contributed by atoms with Crippen LogP contribution in [0, 0.1) is 18.3 Å². The minimum Gasteiger partial charge on any atom is -0.464 e. The average molecular weight is 420 g/mol. The van der Waals surface area contributed by atoms with Gasteiger partial charge in [0, 0.05) is 17.6 Å². The van der Waals surface area contributed by atoms with E-state index >= 15 is 0 Å². The molecule has 0 spiro atoms. The van der Waals surface area contributed by atoms with Gasteiger partial charge in [0.25, 0.3) is 5.91 Å². The first kappa shape index (κ1) is 21.2. The van der Waals surface area contributed by atoms with Crippen LogP contribution in [0.1, 0.15) is 27.4 Å². The normalized spacial score (nSPS) is 10.3. The molecule has 2 aromatic carbocycles. The number of amides is 2. The number of thioether (sulfide) groups is 1. The number of rotatable bonds is 7. The molecule has 0 aliphatic heterocycles. The van der Waals surface area contributed by atoms with Gasteiger partial charge in [-0.2, -0.15) is 5.26 Å². The zero-order valence-electron chi connectivity index (χ0n) is 16.7. The van der Waals surface area contributed by atoms with Crippen molar-refractivity contribution >= 4 is 29.3 Å². The molecule has 0 fully saturated rings. The minimum absolute atomic E-state index is 0.141. The molecule has 6 nitrogen and oxygen atoms in total. The first-order valence-corrected chi connectivity index (χ1v) is 10.3. The molecule has 30 heavy (non-hydrogen) atoms. The van der Waals surface area contributed by atoms with Crippen molar-refractivity contribution in [2.24, 2.45) is 0 Å². The highest BCUT2D eigenvalue weighted by Crippen LogP contribution is 2.24. The zero-order valence-corrected chi connectivity index (χ0v) is 17.5. The number of benzene rings is 2. The Morgan fingerprint density at radius 1 is 1.13 bits per heavy atom. The van der Waals surface area contributed by atoms with Gasteiger partial charge in [-0.15, -0.1) is 11.8 Å². The molecular formula is C23H21N3O3S. The first-order valence-electron chi connectivity index (χ1n) is 9.29. The summed E-state index contributed by atoms with van der Waals surface area (Å²) in [5, 5.41) is 11.7. The lowest BCUT2D eigenvalue weighted by molar-refractivity contribution is -0.113. The average Bonchev–Trinajstić information content (AvgIpc) is 3.16. The lowest BCUT2D eigenvalue weighted by Crippen LogP contribution is -2.26. The molecule has 3 aromatic rings. The lowest BCUT2D eigenvalue weighted by atomic mass is 10.2. The molecule has 0 unspecified atom stereocenters. The van der Waals surface area contributed by atoms with Crippen molar-refractivity contribution in [2.75, 3.05) is 18.1 Å². The lowest BCUT2D eigenvalue weighted by Gasteiger charge is -2.18. The third-order valence-electron chi connectivity index (χ3n) is 4.29. The van der Waals surface area contributed by atoms with Gasteiger partial charge in [0.05, 0.1) is 29.5 Å². The number of nitriles is 1. The Labute approximate surface area is 179 Å². The fourth-order valence-electron chi connectivity index (χ4n) is 2.86. The summed E-state index contributed by atoms with van der Waals surface area (Å²) in [5.41, 5.74) is 1.58. The number of hydrogen-bond donors (Lipinski definition) is 1. The van der Waals surface area contributed by atoms with Crippen LogP contribution in [0.3, 0.4) is 0 Å². The summed E-state index contributed by atoms with van der Waals surface area (Å²) >= 11 is 1.29. The molecule has 1 heterocycles. The van der Waals surface area contributed by atoms with Crippen LogP contribution in [0.2, 0.25) is 0 Å². The molecule has 0 saturated carbocycles. The van der Waals surface area contributed by atoms with E-state index in [1.807, 2.05) is 37.3 Å². The van der Waals surface area contributed by atoms with E-state index in [9.17, 15) is 9.59 Å². The van der Waals surface area contributed by atoms with Gasteiger partial charge in [-0.05, 0) is 49.4 Å². The van der Waals surface area contributed by atoms with E-state index in [4.69, 9.17) is 9.68 Å². The SMILES string of the molecule is Cc1ccc(CN(C)C(=O)c2ccccc2SCC(=O)Nc2cccc(C#N)c2)o1. The van der Waals surface area contributed by atoms with Gasteiger partial charge in [0.15, 0.2) is 0 Å². The van der Waals surface area contributed by atoms with E-state index in [0.29, 0.717) is 29.1 Å². The van der Waals surface area contributed by atoms with Crippen LogP contribution in [-0.2, 0) is 11.3 Å². The molecular weight excluding hydrogens is 398 g/mol. The Morgan fingerprint density at radius 2 is 1.93 bits per heavy atom. The first-order chi connectivity index (χ1) is 14.5. The number of anilines is 1. The molecule has 2 amide bonds. The van der Waals surface area contributed by atoms with Crippen LogP contribution in [0.15, 0.2) is 70.0 Å². The van der Waals surface area contributed by atoms with Gasteiger partial charge < -0.3 is 14.6 Å². The molecule has 1 aromatic heterocycles. The molecule has 1 N–H and O–H groups in total. The predicted octanol–water partition coefficient (Wildman–Crippen LogP) is 4.46. The van der Waals surface area contributed by atoms with E-state index in [1.54, 1.807) is 48.3 Å². The minimum atomic E-state index is -0.211. The van der Waals surface area contributed by atoms with Crippen LogP contribution in [-0.4, -0.2) is 29.5 Å². The molecule has 0 aliphatic carbocycles. The van der Waals surface area contributed by atoms with Crippen LogP contribution in [0.4, 0.5) is 5.69 Å². The largest absolute Gasteiger partial charge is 0.464 e. The monoisotopic (exact) mass is 419 g/mol. The molecule has 3 rings (SSSR count). The van der Waals surface area contributed by atoms with Crippen molar-refractivity contribution in [3.8, 4) is 6.07 Å². The summed E-state index contributed by atoms with van der Waals surface area (Å²) in [6.45, 7) is 2.22. The number of carbonyl (C=O) groups excluding carboxylic acids is 2. The molecule has 0 aliphatic rings. The predicted molar refractivity (Wildman–Crippen MR) is 116 cm³/mol. The van der Waals surface area contributed by atoms with Crippen molar-refractivity contribution in [3.05, 3.63) is 83.3 Å². The van der Waals surface area contributed by atoms with Crippen LogP contribution in [0.5, 0.6) is 0 Å². The van der Waals surface area contributed by atoms with Crippen LogP contribution in [0.25, 0.3) is 0 Å². The quantitative estimate of drug-likeness (QED) is 0.571. The fourth-order valence-corrected chi connectivity index (χ4v) is 3.70. The third kappa shape index (κ3) is 5.52. The zero-order chi connectivity index (χ0) is 21.5. The van der Waals surface area contributed by atoms with Crippen molar-refractivity contribution in [2.45, 2.75) is 18.4 Å². The van der Waals surface area contributed by atoms with Gasteiger partial charge in [0.2, 0.25) is 5.91 Å². The smallest absolute Gasteiger partial charge is 0.255 e. The Balaban J connectivity index is 1.63. The maximum Gasteiger partial charge on any atom is 0.255 e. The van der Waals surface area contributed by atoms with Gasteiger partial charge in [-0.25, -0.2) is 0 Å². The van der Waals surface area contributed by atoms with E-state index in [1.165, 1.54) is 11.8 Å². The Hall–Kier alpha value is -3.50. The van der Waals surface area contributed by atoms with Crippen molar-refractivity contribution < 1.29 is 14.0 Å². The molecule has 7 heteroatoms. The van der Waals surface area contributed by atoms with Crippen LogP contribution < -0.4 is 5.32 Å². The summed E-state index contributed by atoms with van der Waals surface area (Å²) in [4.78, 5) is 27.6.